The summed E-state index contributed by atoms with van der Waals surface area (Å²) >= 11 is 0. The van der Waals surface area contributed by atoms with Gasteiger partial charge in [-0.3, -0.25) is 0 Å². The van der Waals surface area contributed by atoms with E-state index in [4.69, 9.17) is 4.12 Å². The fraction of sp³-hybridized carbons (Fsp3) is 0.250. The monoisotopic (exact) mass is 558 g/mol. The fourth-order valence-electron chi connectivity index (χ4n) is 5.74. The van der Waals surface area contributed by atoms with Crippen LogP contribution in [0.15, 0.2) is 121 Å². The smallest absolute Gasteiger partial charge is 0.179 e. The molecule has 192 valence electrons. The van der Waals surface area contributed by atoms with Crippen LogP contribution in [0.5, 0.6) is 0 Å². The predicted molar refractivity (Wildman–Crippen MR) is 172 cm³/mol. The Hall–Kier alpha value is -1.87. The molecule has 0 aliphatic heterocycles. The maximum Gasteiger partial charge on any atom is 0.179 e. The normalized spacial score (nSPS) is 12.9. The minimum atomic E-state index is -2.37. The Morgan fingerprint density at radius 1 is 0.486 bits per heavy atom. The van der Waals surface area contributed by atoms with Crippen LogP contribution in [0.4, 0.5) is 0 Å². The summed E-state index contributed by atoms with van der Waals surface area (Å²) < 4.78 is 7.35. The summed E-state index contributed by atoms with van der Waals surface area (Å²) in [6, 6.07) is 45.8. The predicted octanol–water partition coefficient (Wildman–Crippen LogP) is 9.05. The second kappa shape index (κ2) is 11.5. The lowest BCUT2D eigenvalue weighted by Crippen LogP contribution is -2.51. The van der Waals surface area contributed by atoms with Crippen LogP contribution in [-0.2, 0) is 14.4 Å². The quantitative estimate of drug-likeness (QED) is 0.139. The molecule has 0 saturated carbocycles. The first-order valence-electron chi connectivity index (χ1n) is 13.0. The van der Waals surface area contributed by atoms with Gasteiger partial charge in [-0.15, -0.1) is 18.5 Å². The van der Waals surface area contributed by atoms with Gasteiger partial charge in [0.25, 0.3) is 0 Å². The standard InChI is InChI=1S/C32H40OP2Si2/c1-36(2,3)33-37(4,25-31(34,27-17-9-5-10-18-27)28-19-11-6-12-20-28)26-32(35,29-21-13-7-14-22-29)30-23-15-8-16-24-30/h5-24H,25-26,34-35H2,1-4H3. The molecule has 0 saturated heterocycles. The minimum absolute atomic E-state index is 0.234. The third-order valence-electron chi connectivity index (χ3n) is 7.01. The van der Waals surface area contributed by atoms with Crippen molar-refractivity contribution in [3.8, 4) is 0 Å². The maximum absolute atomic E-state index is 7.35. The van der Waals surface area contributed by atoms with Crippen LogP contribution in [0.2, 0.25) is 38.3 Å². The van der Waals surface area contributed by atoms with Crippen molar-refractivity contribution >= 4 is 35.1 Å². The van der Waals surface area contributed by atoms with Gasteiger partial charge in [-0.05, 0) is 60.5 Å². The lowest BCUT2D eigenvalue weighted by molar-refractivity contribution is 0.515. The third kappa shape index (κ3) is 6.77. The van der Waals surface area contributed by atoms with E-state index in [1.807, 2.05) is 0 Å². The highest BCUT2D eigenvalue weighted by Gasteiger charge is 2.48. The third-order valence-corrected chi connectivity index (χ3v) is 16.6. The molecule has 0 aliphatic carbocycles. The summed E-state index contributed by atoms with van der Waals surface area (Å²) in [5, 5.41) is -0.468. The van der Waals surface area contributed by atoms with Gasteiger partial charge in [0.05, 0.1) is 0 Å². The van der Waals surface area contributed by atoms with E-state index in [9.17, 15) is 0 Å². The van der Waals surface area contributed by atoms with Crippen molar-refractivity contribution in [2.75, 3.05) is 0 Å². The van der Waals surface area contributed by atoms with Gasteiger partial charge in [-0.25, -0.2) is 0 Å². The van der Waals surface area contributed by atoms with E-state index in [2.05, 4.69) is 166 Å². The van der Waals surface area contributed by atoms with Gasteiger partial charge in [0.1, 0.15) is 0 Å². The minimum Gasteiger partial charge on any atom is -0.455 e. The molecule has 4 rings (SSSR count). The SMILES string of the molecule is C[Si](C)(C)O[Si](C)(CC(P)(c1ccccc1)c1ccccc1)CC(P)(c1ccccc1)c1ccccc1. The van der Waals surface area contributed by atoms with Crippen molar-refractivity contribution in [3.05, 3.63) is 144 Å². The van der Waals surface area contributed by atoms with Crippen LogP contribution in [0.3, 0.4) is 0 Å². The number of hydrogen-bond acceptors (Lipinski definition) is 1. The van der Waals surface area contributed by atoms with Crippen LogP contribution < -0.4 is 0 Å². The van der Waals surface area contributed by atoms with E-state index < -0.39 is 16.6 Å². The van der Waals surface area contributed by atoms with Gasteiger partial charge >= 0.3 is 0 Å². The topological polar surface area (TPSA) is 9.23 Å². The zero-order valence-electron chi connectivity index (χ0n) is 22.5. The molecule has 0 fully saturated rings. The molecule has 2 atom stereocenters. The van der Waals surface area contributed by atoms with Crippen molar-refractivity contribution in [2.24, 2.45) is 0 Å². The van der Waals surface area contributed by atoms with Crippen LogP contribution in [0, 0.1) is 0 Å². The zero-order chi connectivity index (χ0) is 26.6. The van der Waals surface area contributed by atoms with Crippen molar-refractivity contribution in [1.82, 2.24) is 0 Å². The Morgan fingerprint density at radius 3 is 0.946 bits per heavy atom. The van der Waals surface area contributed by atoms with Crippen LogP contribution in [-0.4, -0.2) is 16.6 Å². The lowest BCUT2D eigenvalue weighted by atomic mass is 9.91. The Morgan fingerprint density at radius 2 is 0.730 bits per heavy atom. The van der Waals surface area contributed by atoms with Gasteiger partial charge in [0.2, 0.25) is 0 Å². The summed E-state index contributed by atoms with van der Waals surface area (Å²) in [6.07, 6.45) is 0. The summed E-state index contributed by atoms with van der Waals surface area (Å²) in [5.74, 6) is 0. The number of hydrogen-bond donors (Lipinski definition) is 0. The maximum atomic E-state index is 7.35. The van der Waals surface area contributed by atoms with Crippen LogP contribution >= 0.6 is 18.5 Å². The molecular formula is C32H40OP2Si2. The molecule has 0 aromatic heterocycles. The summed E-state index contributed by atoms with van der Waals surface area (Å²) in [6.45, 7) is 9.48. The molecule has 37 heavy (non-hydrogen) atoms. The van der Waals surface area contributed by atoms with Gasteiger partial charge in [0.15, 0.2) is 16.6 Å². The molecule has 0 radical (unpaired) electrons. The number of rotatable bonds is 10. The first-order valence-corrected chi connectivity index (χ1v) is 20.4. The van der Waals surface area contributed by atoms with E-state index >= 15 is 0 Å². The first kappa shape index (κ1) is 28.1. The molecule has 0 heterocycles. The zero-order valence-corrected chi connectivity index (χ0v) is 26.8. The molecule has 5 heteroatoms. The molecule has 0 bridgehead atoms. The highest BCUT2D eigenvalue weighted by Crippen LogP contribution is 2.52. The first-order chi connectivity index (χ1) is 17.5. The summed E-state index contributed by atoms with van der Waals surface area (Å²) in [5.41, 5.74) is 5.27. The van der Waals surface area contributed by atoms with Crippen molar-refractivity contribution in [3.63, 3.8) is 0 Å². The molecule has 2 unspecified atom stereocenters. The number of benzene rings is 4. The molecule has 0 amide bonds. The highest BCUT2D eigenvalue weighted by molar-refractivity contribution is 7.20. The highest BCUT2D eigenvalue weighted by atomic mass is 31.0. The van der Waals surface area contributed by atoms with Gasteiger partial charge in [0, 0.05) is 10.3 Å². The second-order valence-corrected chi connectivity index (χ2v) is 22.0. The molecule has 4 aromatic carbocycles. The van der Waals surface area contributed by atoms with Crippen molar-refractivity contribution < 1.29 is 4.12 Å². The van der Waals surface area contributed by atoms with Gasteiger partial charge in [-0.2, -0.15) is 0 Å². The van der Waals surface area contributed by atoms with E-state index in [1.165, 1.54) is 22.3 Å². The summed E-state index contributed by atoms with van der Waals surface area (Å²) in [7, 11) is 2.32. The Bertz CT molecular complexity index is 1090. The van der Waals surface area contributed by atoms with Crippen LogP contribution in [0.1, 0.15) is 22.3 Å². The van der Waals surface area contributed by atoms with E-state index in [-0.39, 0.29) is 10.3 Å². The van der Waals surface area contributed by atoms with E-state index in [0.29, 0.717) is 0 Å². The largest absolute Gasteiger partial charge is 0.455 e. The fourth-order valence-corrected chi connectivity index (χ4v) is 18.9. The lowest BCUT2D eigenvalue weighted by Gasteiger charge is -2.46. The molecule has 1 nitrogen and oxygen atoms in total. The van der Waals surface area contributed by atoms with Crippen LogP contribution in [0.25, 0.3) is 0 Å². The Kier molecular flexibility index (Phi) is 8.73. The van der Waals surface area contributed by atoms with Crippen molar-refractivity contribution in [2.45, 2.75) is 48.6 Å². The second-order valence-electron chi connectivity index (χ2n) is 11.4. The average molecular weight is 559 g/mol. The molecule has 0 N–H and O–H groups in total. The molecule has 4 aromatic rings. The molecule has 0 spiro atoms. The molecular weight excluding hydrogens is 518 g/mol. The van der Waals surface area contributed by atoms with Crippen molar-refractivity contribution in [1.29, 1.82) is 0 Å². The van der Waals surface area contributed by atoms with Gasteiger partial charge in [-0.1, -0.05) is 121 Å². The Balaban J connectivity index is 1.86. The average Bonchev–Trinajstić information content (AvgIpc) is 2.89. The Labute approximate surface area is 230 Å². The van der Waals surface area contributed by atoms with Gasteiger partial charge < -0.3 is 4.12 Å². The van der Waals surface area contributed by atoms with E-state index in [1.54, 1.807) is 0 Å². The molecule has 0 aliphatic rings. The van der Waals surface area contributed by atoms with E-state index in [0.717, 1.165) is 12.1 Å². The summed E-state index contributed by atoms with van der Waals surface area (Å²) in [4.78, 5) is 0.